The average molecular weight is 400 g/mol. The van der Waals surface area contributed by atoms with Crippen LogP contribution in [-0.4, -0.2) is 31.5 Å². The van der Waals surface area contributed by atoms with Crippen molar-refractivity contribution in [1.29, 1.82) is 0 Å². The molecule has 0 unspecified atom stereocenters. The van der Waals surface area contributed by atoms with E-state index in [0.717, 1.165) is 18.7 Å². The van der Waals surface area contributed by atoms with Crippen LogP contribution >= 0.6 is 0 Å². The summed E-state index contributed by atoms with van der Waals surface area (Å²) in [5.41, 5.74) is 3.69. The van der Waals surface area contributed by atoms with Gasteiger partial charge in [-0.2, -0.15) is 0 Å². The lowest BCUT2D eigenvalue weighted by atomic mass is 9.88. The highest BCUT2D eigenvalue weighted by molar-refractivity contribution is 5.81. The van der Waals surface area contributed by atoms with Crippen LogP contribution < -0.4 is 10.1 Å². The molecule has 30 heavy (non-hydrogen) atoms. The summed E-state index contributed by atoms with van der Waals surface area (Å²) in [7, 11) is 0. The minimum Gasteiger partial charge on any atom is -0.439 e. The smallest absolute Gasteiger partial charge is 0.219 e. The Labute approximate surface area is 175 Å². The average Bonchev–Trinajstić information content (AvgIpc) is 2.75. The van der Waals surface area contributed by atoms with E-state index in [2.05, 4.69) is 63.1 Å². The number of rotatable bonds is 6. The Balaban J connectivity index is 1.36. The van der Waals surface area contributed by atoms with Gasteiger partial charge in [-0.25, -0.2) is 24.9 Å². The van der Waals surface area contributed by atoms with E-state index in [-0.39, 0.29) is 5.41 Å². The van der Waals surface area contributed by atoms with E-state index in [1.807, 2.05) is 24.3 Å². The fourth-order valence-electron chi connectivity index (χ4n) is 3.03. The van der Waals surface area contributed by atoms with Crippen LogP contribution in [0.2, 0.25) is 0 Å². The number of hydrogen-bond acceptors (Lipinski definition) is 7. The first-order chi connectivity index (χ1) is 14.5. The molecule has 7 nitrogen and oxygen atoms in total. The van der Waals surface area contributed by atoms with Crippen molar-refractivity contribution in [2.45, 2.75) is 32.6 Å². The van der Waals surface area contributed by atoms with Crippen LogP contribution in [0.15, 0.2) is 61.3 Å². The van der Waals surface area contributed by atoms with Crippen molar-refractivity contribution in [1.82, 2.24) is 24.9 Å². The fraction of sp³-hybridized carbons (Fsp3) is 0.261. The molecule has 1 N–H and O–H groups in total. The summed E-state index contributed by atoms with van der Waals surface area (Å²) >= 11 is 0. The zero-order valence-electron chi connectivity index (χ0n) is 17.3. The van der Waals surface area contributed by atoms with Gasteiger partial charge < -0.3 is 10.1 Å². The second-order valence-corrected chi connectivity index (χ2v) is 8.01. The lowest BCUT2D eigenvalue weighted by Gasteiger charge is -2.19. The van der Waals surface area contributed by atoms with Gasteiger partial charge in [0.1, 0.15) is 17.6 Å². The summed E-state index contributed by atoms with van der Waals surface area (Å²) in [6.07, 6.45) is 7.38. The second-order valence-electron chi connectivity index (χ2n) is 8.01. The maximum atomic E-state index is 5.93. The number of anilines is 1. The summed E-state index contributed by atoms with van der Waals surface area (Å²) < 4.78 is 5.93. The Hall–Kier alpha value is -3.61. The van der Waals surface area contributed by atoms with E-state index in [1.54, 1.807) is 18.6 Å². The summed E-state index contributed by atoms with van der Waals surface area (Å²) in [6.45, 7) is 7.24. The molecular weight excluding hydrogens is 376 g/mol. The number of pyridine rings is 1. The van der Waals surface area contributed by atoms with E-state index < -0.39 is 0 Å². The van der Waals surface area contributed by atoms with Gasteiger partial charge in [0.05, 0.1) is 0 Å². The summed E-state index contributed by atoms with van der Waals surface area (Å²) in [4.78, 5) is 21.2. The van der Waals surface area contributed by atoms with Crippen LogP contribution in [-0.2, 0) is 11.8 Å². The Morgan fingerprint density at radius 3 is 2.47 bits per heavy atom. The van der Waals surface area contributed by atoms with Crippen LogP contribution in [0.1, 0.15) is 31.9 Å². The van der Waals surface area contributed by atoms with Crippen molar-refractivity contribution >= 4 is 17.0 Å². The zero-order chi connectivity index (χ0) is 21.0. The third-order valence-corrected chi connectivity index (χ3v) is 4.72. The summed E-state index contributed by atoms with van der Waals surface area (Å²) in [5, 5.41) is 3.32. The molecule has 4 aromatic rings. The lowest BCUT2D eigenvalue weighted by molar-refractivity contribution is 0.458. The van der Waals surface area contributed by atoms with Gasteiger partial charge in [0.2, 0.25) is 5.88 Å². The highest BCUT2D eigenvalue weighted by atomic mass is 16.5. The zero-order valence-corrected chi connectivity index (χ0v) is 17.3. The Bertz CT molecular complexity index is 1130. The molecule has 3 heterocycles. The number of fused-ring (bicyclic) bond motifs is 1. The summed E-state index contributed by atoms with van der Waals surface area (Å²) in [5.74, 6) is 2.06. The number of benzene rings is 1. The first-order valence-electron chi connectivity index (χ1n) is 9.88. The molecular formula is C23H24N6O. The molecule has 1 aromatic carbocycles. The van der Waals surface area contributed by atoms with Crippen molar-refractivity contribution in [2.24, 2.45) is 0 Å². The van der Waals surface area contributed by atoms with E-state index in [1.165, 1.54) is 17.5 Å². The molecule has 0 saturated carbocycles. The van der Waals surface area contributed by atoms with Crippen LogP contribution in [0, 0.1) is 0 Å². The Morgan fingerprint density at radius 1 is 0.867 bits per heavy atom. The van der Waals surface area contributed by atoms with Crippen LogP contribution in [0.4, 0.5) is 5.82 Å². The maximum Gasteiger partial charge on any atom is 0.219 e. The molecule has 0 bridgehead atoms. The summed E-state index contributed by atoms with van der Waals surface area (Å²) in [6, 6.07) is 12.1. The van der Waals surface area contributed by atoms with Gasteiger partial charge in [0, 0.05) is 31.2 Å². The van der Waals surface area contributed by atoms with Gasteiger partial charge in [-0.05, 0) is 41.2 Å². The van der Waals surface area contributed by atoms with Crippen molar-refractivity contribution < 1.29 is 4.74 Å². The predicted octanol–water partition coefficient (Wildman–Crippen LogP) is 4.56. The molecule has 0 aliphatic rings. The molecule has 0 aliphatic carbocycles. The maximum absolute atomic E-state index is 5.93. The standard InChI is InChI=1S/C23H24N6O/c1-23(2,3)17-9-11-24-19(14-17)30-18-6-4-16(5-7-18)8-10-26-21-20-22(29-15-28-21)27-13-12-25-20/h4-7,9,11-15H,8,10H2,1-3H3,(H,26,27,28,29). The van der Waals surface area contributed by atoms with Crippen molar-refractivity contribution in [2.75, 3.05) is 11.9 Å². The quantitative estimate of drug-likeness (QED) is 0.508. The molecule has 0 fully saturated rings. The van der Waals surface area contributed by atoms with Crippen molar-refractivity contribution in [3.63, 3.8) is 0 Å². The fourth-order valence-corrected chi connectivity index (χ4v) is 3.03. The second kappa shape index (κ2) is 8.41. The third kappa shape index (κ3) is 4.68. The number of hydrogen-bond donors (Lipinski definition) is 1. The van der Waals surface area contributed by atoms with Gasteiger partial charge in [0.15, 0.2) is 11.5 Å². The van der Waals surface area contributed by atoms with Gasteiger partial charge in [-0.1, -0.05) is 32.9 Å². The van der Waals surface area contributed by atoms with E-state index >= 15 is 0 Å². The van der Waals surface area contributed by atoms with Gasteiger partial charge in [-0.15, -0.1) is 0 Å². The molecule has 0 atom stereocenters. The SMILES string of the molecule is CC(C)(C)c1ccnc(Oc2ccc(CCNc3ncnc4nccnc34)cc2)c1. The Kier molecular flexibility index (Phi) is 5.52. The topological polar surface area (TPSA) is 85.7 Å². The largest absolute Gasteiger partial charge is 0.439 e. The minimum absolute atomic E-state index is 0.0541. The lowest BCUT2D eigenvalue weighted by Crippen LogP contribution is -2.11. The molecule has 0 spiro atoms. The highest BCUT2D eigenvalue weighted by Crippen LogP contribution is 2.27. The van der Waals surface area contributed by atoms with Gasteiger partial charge in [0.25, 0.3) is 0 Å². The van der Waals surface area contributed by atoms with Crippen molar-refractivity contribution in [3.8, 4) is 11.6 Å². The first-order valence-corrected chi connectivity index (χ1v) is 9.88. The molecule has 0 aliphatic heterocycles. The molecule has 152 valence electrons. The van der Waals surface area contributed by atoms with Gasteiger partial charge >= 0.3 is 0 Å². The monoisotopic (exact) mass is 400 g/mol. The predicted molar refractivity (Wildman–Crippen MR) is 117 cm³/mol. The number of ether oxygens (including phenoxy) is 1. The number of aromatic nitrogens is 5. The first kappa shape index (κ1) is 19.7. The van der Waals surface area contributed by atoms with Crippen molar-refractivity contribution in [3.05, 3.63) is 72.4 Å². The number of nitrogens with one attached hydrogen (secondary N) is 1. The van der Waals surface area contributed by atoms with E-state index in [4.69, 9.17) is 4.74 Å². The molecule has 0 radical (unpaired) electrons. The molecule has 7 heteroatoms. The number of nitrogens with zero attached hydrogens (tertiary/aromatic N) is 5. The minimum atomic E-state index is 0.0541. The normalized spacial score (nSPS) is 11.4. The molecule has 4 rings (SSSR count). The Morgan fingerprint density at radius 2 is 1.67 bits per heavy atom. The molecule has 3 aromatic heterocycles. The third-order valence-electron chi connectivity index (χ3n) is 4.72. The van der Waals surface area contributed by atoms with Crippen LogP contribution in [0.25, 0.3) is 11.2 Å². The van der Waals surface area contributed by atoms with Gasteiger partial charge in [-0.3, -0.25) is 0 Å². The van der Waals surface area contributed by atoms with Crippen LogP contribution in [0.5, 0.6) is 11.6 Å². The van der Waals surface area contributed by atoms with Crippen LogP contribution in [0.3, 0.4) is 0 Å². The van der Waals surface area contributed by atoms with E-state index in [9.17, 15) is 0 Å². The highest BCUT2D eigenvalue weighted by Gasteiger charge is 2.14. The van der Waals surface area contributed by atoms with E-state index in [0.29, 0.717) is 22.9 Å². The molecule has 0 amide bonds. The molecule has 0 saturated heterocycles.